The Hall–Kier alpha value is -1.31. The third-order valence-corrected chi connectivity index (χ3v) is 4.45. The molecule has 0 N–H and O–H groups in total. The zero-order valence-electron chi connectivity index (χ0n) is 15.7. The second-order valence-corrected chi connectivity index (χ2v) is 7.11. The van der Waals surface area contributed by atoms with Crippen LogP contribution < -0.4 is 0 Å². The number of nitrogens with zero attached hydrogens (tertiary/aromatic N) is 1. The molecule has 0 aromatic heterocycles. The molecule has 2 heteroatoms. The van der Waals surface area contributed by atoms with Crippen LogP contribution in [-0.4, -0.2) is 23.9 Å². The zero-order valence-corrected chi connectivity index (χ0v) is 15.7. The number of hydrogen-bond acceptors (Lipinski definition) is 1. The second kappa shape index (κ2) is 11.3. The van der Waals surface area contributed by atoms with Gasteiger partial charge >= 0.3 is 0 Å². The molecule has 1 fully saturated rings. The highest BCUT2D eigenvalue weighted by Gasteiger charge is 2.14. The smallest absolute Gasteiger partial charge is 0.222 e. The van der Waals surface area contributed by atoms with E-state index in [-0.39, 0.29) is 0 Å². The normalized spacial score (nSPS) is 17.2. The lowest BCUT2D eigenvalue weighted by molar-refractivity contribution is -0.130. The van der Waals surface area contributed by atoms with E-state index in [1.54, 1.807) is 0 Å². The lowest BCUT2D eigenvalue weighted by Gasteiger charge is -2.18. The van der Waals surface area contributed by atoms with E-state index in [2.05, 4.69) is 45.9 Å². The number of likely N-dealkylation sites (tertiary alicyclic amines) is 1. The predicted octanol–water partition coefficient (Wildman–Crippen LogP) is 5.81. The molecule has 0 bridgehead atoms. The summed E-state index contributed by atoms with van der Waals surface area (Å²) in [5.74, 6) is 0.335. The minimum atomic E-state index is 0.335. The highest BCUT2D eigenvalue weighted by molar-refractivity contribution is 5.76. The third-order valence-electron chi connectivity index (χ3n) is 4.45. The second-order valence-electron chi connectivity index (χ2n) is 7.11. The predicted molar refractivity (Wildman–Crippen MR) is 100 cm³/mol. The lowest BCUT2D eigenvalue weighted by Crippen LogP contribution is -2.30. The molecule has 1 rings (SSSR count). The van der Waals surface area contributed by atoms with Gasteiger partial charge in [-0.25, -0.2) is 0 Å². The van der Waals surface area contributed by atoms with Crippen LogP contribution in [0.25, 0.3) is 0 Å². The van der Waals surface area contributed by atoms with Crippen molar-refractivity contribution in [3.63, 3.8) is 0 Å². The van der Waals surface area contributed by atoms with Crippen molar-refractivity contribution in [2.24, 2.45) is 0 Å². The minimum absolute atomic E-state index is 0.335. The van der Waals surface area contributed by atoms with Gasteiger partial charge in [0.15, 0.2) is 0 Å². The number of rotatable bonds is 8. The van der Waals surface area contributed by atoms with Gasteiger partial charge in [-0.15, -0.1) is 0 Å². The Bertz CT molecular complexity index is 452. The van der Waals surface area contributed by atoms with E-state index >= 15 is 0 Å². The summed E-state index contributed by atoms with van der Waals surface area (Å²) in [5.41, 5.74) is 4.29. The summed E-state index contributed by atoms with van der Waals surface area (Å²) >= 11 is 0. The van der Waals surface area contributed by atoms with Crippen molar-refractivity contribution in [1.29, 1.82) is 0 Å². The largest absolute Gasteiger partial charge is 0.339 e. The van der Waals surface area contributed by atoms with Crippen molar-refractivity contribution >= 4 is 5.91 Å². The molecule has 0 radical (unpaired) electrons. The molecule has 0 saturated carbocycles. The van der Waals surface area contributed by atoms with Crippen molar-refractivity contribution in [1.82, 2.24) is 4.90 Å². The number of carbonyl (C=O) groups is 1. The Labute approximate surface area is 143 Å². The van der Waals surface area contributed by atoms with E-state index in [0.717, 1.165) is 58.0 Å². The highest BCUT2D eigenvalue weighted by Crippen LogP contribution is 2.13. The summed E-state index contributed by atoms with van der Waals surface area (Å²) in [4.78, 5) is 14.0. The Morgan fingerprint density at radius 1 is 0.913 bits per heavy atom. The summed E-state index contributed by atoms with van der Waals surface area (Å²) < 4.78 is 0. The molecule has 0 spiro atoms. The number of hydrogen-bond donors (Lipinski definition) is 0. The van der Waals surface area contributed by atoms with Gasteiger partial charge in [0.1, 0.15) is 0 Å². The quantitative estimate of drug-likeness (QED) is 0.517. The Kier molecular flexibility index (Phi) is 9.66. The number of carbonyl (C=O) groups excluding carboxylic acids is 1. The molecule has 0 aromatic carbocycles. The third kappa shape index (κ3) is 9.43. The average Bonchev–Trinajstić information content (AvgIpc) is 2.69. The van der Waals surface area contributed by atoms with Crippen LogP contribution >= 0.6 is 0 Å². The van der Waals surface area contributed by atoms with E-state index in [4.69, 9.17) is 0 Å². The van der Waals surface area contributed by atoms with E-state index in [9.17, 15) is 4.79 Å². The van der Waals surface area contributed by atoms with Gasteiger partial charge in [0.2, 0.25) is 5.91 Å². The molecule has 0 atom stereocenters. The van der Waals surface area contributed by atoms with Crippen LogP contribution in [0, 0.1) is 0 Å². The molecular weight excluding hydrogens is 282 g/mol. The van der Waals surface area contributed by atoms with Gasteiger partial charge in [0.25, 0.3) is 0 Å². The van der Waals surface area contributed by atoms with Gasteiger partial charge in [0.05, 0.1) is 0 Å². The molecule has 1 saturated heterocycles. The number of amides is 1. The molecule has 130 valence electrons. The Morgan fingerprint density at radius 3 is 2.26 bits per heavy atom. The first-order valence-corrected chi connectivity index (χ1v) is 9.21. The van der Waals surface area contributed by atoms with Crippen LogP contribution in [-0.2, 0) is 4.79 Å². The van der Waals surface area contributed by atoms with Gasteiger partial charge < -0.3 is 4.90 Å². The first-order valence-electron chi connectivity index (χ1n) is 9.21. The maximum absolute atomic E-state index is 12.0. The van der Waals surface area contributed by atoms with Crippen molar-refractivity contribution in [2.75, 3.05) is 13.1 Å². The fourth-order valence-corrected chi connectivity index (χ4v) is 2.84. The van der Waals surface area contributed by atoms with Gasteiger partial charge in [-0.2, -0.15) is 0 Å². The SMILES string of the molecule is CC(C)=CCC/C(C)=C/CC/C(C)=C/CN1CCCCCC1=O. The van der Waals surface area contributed by atoms with Crippen LogP contribution in [0.2, 0.25) is 0 Å². The molecule has 1 aliphatic rings. The van der Waals surface area contributed by atoms with Gasteiger partial charge in [-0.3, -0.25) is 4.79 Å². The fourth-order valence-electron chi connectivity index (χ4n) is 2.84. The topological polar surface area (TPSA) is 20.3 Å². The summed E-state index contributed by atoms with van der Waals surface area (Å²) in [7, 11) is 0. The van der Waals surface area contributed by atoms with E-state index in [1.807, 2.05) is 4.90 Å². The monoisotopic (exact) mass is 317 g/mol. The van der Waals surface area contributed by atoms with Gasteiger partial charge in [0, 0.05) is 19.5 Å². The van der Waals surface area contributed by atoms with Gasteiger partial charge in [-0.05, 0) is 66.2 Å². The first-order chi connectivity index (χ1) is 11.0. The Morgan fingerprint density at radius 2 is 1.57 bits per heavy atom. The highest BCUT2D eigenvalue weighted by atomic mass is 16.2. The van der Waals surface area contributed by atoms with E-state index < -0.39 is 0 Å². The molecule has 1 amide bonds. The summed E-state index contributed by atoms with van der Waals surface area (Å²) in [6.45, 7) is 10.5. The zero-order chi connectivity index (χ0) is 17.1. The van der Waals surface area contributed by atoms with Crippen molar-refractivity contribution in [3.8, 4) is 0 Å². The van der Waals surface area contributed by atoms with Gasteiger partial charge in [-0.1, -0.05) is 41.4 Å². The van der Waals surface area contributed by atoms with Crippen molar-refractivity contribution in [2.45, 2.75) is 79.1 Å². The maximum atomic E-state index is 12.0. The molecule has 1 heterocycles. The molecule has 23 heavy (non-hydrogen) atoms. The lowest BCUT2D eigenvalue weighted by atomic mass is 10.1. The first kappa shape index (κ1) is 19.7. The van der Waals surface area contributed by atoms with Crippen LogP contribution in [0.5, 0.6) is 0 Å². The molecule has 1 aliphatic heterocycles. The van der Waals surface area contributed by atoms with Crippen LogP contribution in [0.3, 0.4) is 0 Å². The van der Waals surface area contributed by atoms with Crippen molar-refractivity contribution in [3.05, 3.63) is 34.9 Å². The molecular formula is C21H35NO. The van der Waals surface area contributed by atoms with E-state index in [0.29, 0.717) is 5.91 Å². The standard InChI is InChI=1S/C21H35NO/c1-18(2)10-8-11-19(3)12-9-13-20(4)15-17-22-16-7-5-6-14-21(22)23/h10,12,15H,5-9,11,13-14,16-17H2,1-4H3/b19-12+,20-15+. The average molecular weight is 318 g/mol. The van der Waals surface area contributed by atoms with Crippen LogP contribution in [0.15, 0.2) is 34.9 Å². The molecule has 2 nitrogen and oxygen atoms in total. The summed E-state index contributed by atoms with van der Waals surface area (Å²) in [6.07, 6.45) is 15.6. The number of allylic oxidation sites excluding steroid dienone is 5. The molecule has 0 unspecified atom stereocenters. The summed E-state index contributed by atoms with van der Waals surface area (Å²) in [6, 6.07) is 0. The maximum Gasteiger partial charge on any atom is 0.222 e. The molecule has 0 aromatic rings. The van der Waals surface area contributed by atoms with Crippen LogP contribution in [0.1, 0.15) is 79.1 Å². The molecule has 0 aliphatic carbocycles. The summed E-state index contributed by atoms with van der Waals surface area (Å²) in [5, 5.41) is 0. The fraction of sp³-hybridized carbons (Fsp3) is 0.667. The minimum Gasteiger partial charge on any atom is -0.339 e. The van der Waals surface area contributed by atoms with Crippen molar-refractivity contribution < 1.29 is 4.79 Å². The Balaban J connectivity index is 2.30. The van der Waals surface area contributed by atoms with Crippen LogP contribution in [0.4, 0.5) is 0 Å². The van der Waals surface area contributed by atoms with E-state index in [1.165, 1.54) is 23.1 Å².